The predicted molar refractivity (Wildman–Crippen MR) is 69.5 cm³/mol. The summed E-state index contributed by atoms with van der Waals surface area (Å²) in [5.41, 5.74) is 0.839. The molecular weight excluding hydrogens is 287 g/mol. The topological polar surface area (TPSA) is 26.3 Å². The Kier molecular flexibility index (Phi) is 4.68. The van der Waals surface area contributed by atoms with Crippen molar-refractivity contribution in [2.45, 2.75) is 19.4 Å². The molecule has 0 amide bonds. The van der Waals surface area contributed by atoms with Crippen LogP contribution in [0.3, 0.4) is 0 Å². The van der Waals surface area contributed by atoms with Crippen molar-refractivity contribution < 1.29 is 9.53 Å². The molecule has 0 saturated heterocycles. The second-order valence-corrected chi connectivity index (χ2v) is 12.5. The first-order chi connectivity index (χ1) is 7.30. The summed E-state index contributed by atoms with van der Waals surface area (Å²) in [7, 11) is 0. The molecule has 0 N–H and O–H groups in total. The van der Waals surface area contributed by atoms with Crippen LogP contribution in [0.2, 0.25) is 0 Å². The Balaban J connectivity index is 2.83. The Labute approximate surface area is 110 Å². The van der Waals surface area contributed by atoms with Crippen LogP contribution in [0.1, 0.15) is 25.0 Å². The number of rotatable bonds is 3. The molecule has 1 aromatic carbocycles. The van der Waals surface area contributed by atoms with Gasteiger partial charge in [-0.25, -0.2) is 0 Å². The fourth-order valence-corrected chi connectivity index (χ4v) is 2.88. The van der Waals surface area contributed by atoms with E-state index in [-0.39, 0.29) is 11.5 Å². The zero-order valence-electron chi connectivity index (χ0n) is 8.84. The van der Waals surface area contributed by atoms with E-state index in [1.165, 1.54) is 6.92 Å². The lowest BCUT2D eigenvalue weighted by Crippen LogP contribution is -2.20. The Bertz CT molecular complexity index is 373. The van der Waals surface area contributed by atoms with Gasteiger partial charge in [0.05, 0.1) is 0 Å². The lowest BCUT2D eigenvalue weighted by atomic mass is 10.1. The zero-order chi connectivity index (χ0) is 12.3. The number of hydrogen-bond donors (Lipinski definition) is 0. The Morgan fingerprint density at radius 2 is 1.75 bits per heavy atom. The molecule has 0 saturated carbocycles. The van der Waals surface area contributed by atoms with Crippen molar-refractivity contribution in [3.8, 4) is 5.75 Å². The molecule has 0 aromatic heterocycles. The van der Waals surface area contributed by atoms with E-state index in [0.29, 0.717) is 5.75 Å². The van der Waals surface area contributed by atoms with Gasteiger partial charge in [-0.2, -0.15) is 0 Å². The summed E-state index contributed by atoms with van der Waals surface area (Å²) < 4.78 is 4.91. The molecule has 1 atom stereocenters. The molecule has 1 unspecified atom stereocenters. The largest absolute Gasteiger partial charge is 0.427 e. The molecule has 0 aliphatic rings. The van der Waals surface area contributed by atoms with Gasteiger partial charge in [0.25, 0.3) is 0 Å². The number of esters is 1. The first kappa shape index (κ1) is 13.8. The van der Waals surface area contributed by atoms with Crippen molar-refractivity contribution >= 4 is 45.2 Å². The monoisotopic (exact) mass is 296 g/mol. The van der Waals surface area contributed by atoms with E-state index in [2.05, 4.69) is 0 Å². The van der Waals surface area contributed by atoms with Crippen LogP contribution in [0.25, 0.3) is 0 Å². The van der Waals surface area contributed by atoms with Crippen LogP contribution < -0.4 is 4.74 Å². The highest BCUT2D eigenvalue weighted by atomic mass is 35.8. The summed E-state index contributed by atoms with van der Waals surface area (Å²) in [5.74, 6) is 0.144. The number of benzene rings is 1. The second kappa shape index (κ2) is 5.41. The highest BCUT2D eigenvalue weighted by Crippen LogP contribution is 2.36. The van der Waals surface area contributed by atoms with Crippen molar-refractivity contribution in [2.75, 3.05) is 0 Å². The van der Waals surface area contributed by atoms with Gasteiger partial charge in [0.2, 0.25) is 0 Å². The Hall–Kier alpha value is -0.223. The summed E-state index contributed by atoms with van der Waals surface area (Å²) in [6, 6.07) is 4.25. The molecule has 0 aliphatic heterocycles. The fraction of sp³-hybridized carbons (Fsp3) is 0.300. The van der Waals surface area contributed by atoms with Gasteiger partial charge < -0.3 is 4.74 Å². The average molecular weight is 298 g/mol. The van der Waals surface area contributed by atoms with Crippen LogP contribution in [0.4, 0.5) is 0 Å². The summed E-state index contributed by atoms with van der Waals surface area (Å²) in [4.78, 5) is 10.7. The first-order valence-corrected chi connectivity index (χ1v) is 9.77. The Morgan fingerprint density at radius 1 is 1.25 bits per heavy atom. The van der Waals surface area contributed by atoms with Crippen LogP contribution in [-0.2, 0) is 4.79 Å². The third kappa shape index (κ3) is 3.98. The highest BCUT2D eigenvalue weighted by molar-refractivity contribution is 7.65. The molecule has 0 aliphatic carbocycles. The van der Waals surface area contributed by atoms with Crippen LogP contribution >= 0.6 is 33.2 Å². The molecule has 6 heteroatoms. The van der Waals surface area contributed by atoms with Gasteiger partial charge in [0, 0.05) is 12.5 Å². The molecule has 1 aromatic rings. The third-order valence-electron chi connectivity index (χ3n) is 2.13. The van der Waals surface area contributed by atoms with Gasteiger partial charge in [-0.3, -0.25) is 4.79 Å². The molecular formula is C10H11Cl3O2Si. The van der Waals surface area contributed by atoms with Gasteiger partial charge in [0.1, 0.15) is 5.75 Å². The fourth-order valence-electron chi connectivity index (χ4n) is 1.18. The molecule has 16 heavy (non-hydrogen) atoms. The van der Waals surface area contributed by atoms with Gasteiger partial charge in [0.15, 0.2) is 0 Å². The maximum absolute atomic E-state index is 10.7. The van der Waals surface area contributed by atoms with E-state index in [0.717, 1.165) is 5.56 Å². The maximum Gasteiger partial charge on any atom is 0.348 e. The maximum atomic E-state index is 10.7. The quantitative estimate of drug-likeness (QED) is 0.366. The highest BCUT2D eigenvalue weighted by Gasteiger charge is 2.34. The van der Waals surface area contributed by atoms with Crippen molar-refractivity contribution in [1.29, 1.82) is 0 Å². The van der Waals surface area contributed by atoms with Crippen LogP contribution in [0.15, 0.2) is 24.3 Å². The SMILES string of the molecule is CC(=O)Oc1ccc(C(C)[Si](Cl)(Cl)Cl)cc1. The van der Waals surface area contributed by atoms with Gasteiger partial charge >= 0.3 is 12.0 Å². The van der Waals surface area contributed by atoms with Crippen LogP contribution in [-0.4, -0.2) is 12.0 Å². The standard InChI is InChI=1S/C10H11Cl3O2Si/c1-7(16(11,12)13)9-3-5-10(6-4-9)15-8(2)14/h3-7H,1-2H3. The summed E-state index contributed by atoms with van der Waals surface area (Å²) in [6.45, 7) is 3.23. The van der Waals surface area contributed by atoms with Crippen molar-refractivity contribution in [2.24, 2.45) is 0 Å². The number of carbonyl (C=O) groups is 1. The van der Waals surface area contributed by atoms with E-state index in [1.807, 2.05) is 6.92 Å². The van der Waals surface area contributed by atoms with Crippen LogP contribution in [0.5, 0.6) is 5.75 Å². The predicted octanol–water partition coefficient (Wildman–Crippen LogP) is 3.91. The minimum absolute atomic E-state index is 0.0936. The van der Waals surface area contributed by atoms with E-state index in [4.69, 9.17) is 38.0 Å². The lowest BCUT2D eigenvalue weighted by molar-refractivity contribution is -0.131. The molecule has 0 fully saturated rings. The van der Waals surface area contributed by atoms with Crippen molar-refractivity contribution in [3.05, 3.63) is 29.8 Å². The average Bonchev–Trinajstić information content (AvgIpc) is 2.15. The molecule has 88 valence electrons. The zero-order valence-corrected chi connectivity index (χ0v) is 12.1. The van der Waals surface area contributed by atoms with Crippen LogP contribution in [0, 0.1) is 0 Å². The minimum atomic E-state index is -2.74. The van der Waals surface area contributed by atoms with Gasteiger partial charge in [-0.15, -0.1) is 33.2 Å². The first-order valence-electron chi connectivity index (χ1n) is 4.66. The number of carbonyl (C=O) groups excluding carboxylic acids is 1. The summed E-state index contributed by atoms with van der Waals surface area (Å²) in [5, 5.41) is 0. The number of halogens is 3. The smallest absolute Gasteiger partial charge is 0.348 e. The van der Waals surface area contributed by atoms with Crippen molar-refractivity contribution in [1.82, 2.24) is 0 Å². The van der Waals surface area contributed by atoms with E-state index in [1.54, 1.807) is 24.3 Å². The molecule has 0 heterocycles. The molecule has 0 radical (unpaired) electrons. The number of ether oxygens (including phenoxy) is 1. The normalized spacial score (nSPS) is 13.3. The lowest BCUT2D eigenvalue weighted by Gasteiger charge is -2.17. The molecule has 2 nitrogen and oxygen atoms in total. The van der Waals surface area contributed by atoms with E-state index >= 15 is 0 Å². The van der Waals surface area contributed by atoms with Gasteiger partial charge in [-0.1, -0.05) is 19.1 Å². The molecule has 0 bridgehead atoms. The van der Waals surface area contributed by atoms with E-state index in [9.17, 15) is 4.79 Å². The summed E-state index contributed by atoms with van der Waals surface area (Å²) >= 11 is 17.8. The molecule has 0 spiro atoms. The van der Waals surface area contributed by atoms with Gasteiger partial charge in [-0.05, 0) is 17.7 Å². The Morgan fingerprint density at radius 3 is 2.12 bits per heavy atom. The third-order valence-corrected chi connectivity index (χ3v) is 6.39. The van der Waals surface area contributed by atoms with E-state index < -0.39 is 6.00 Å². The second-order valence-electron chi connectivity index (χ2n) is 3.43. The molecule has 1 rings (SSSR count). The van der Waals surface area contributed by atoms with Crippen molar-refractivity contribution in [3.63, 3.8) is 0 Å². The summed E-state index contributed by atoms with van der Waals surface area (Å²) in [6.07, 6.45) is 0. The number of hydrogen-bond acceptors (Lipinski definition) is 2. The minimum Gasteiger partial charge on any atom is -0.427 e.